The lowest BCUT2D eigenvalue weighted by Gasteiger charge is -2.31. The van der Waals surface area contributed by atoms with Gasteiger partial charge in [-0.15, -0.1) is 0 Å². The van der Waals surface area contributed by atoms with Crippen LogP contribution >= 0.6 is 15.9 Å². The number of rotatable bonds is 3. The highest BCUT2D eigenvalue weighted by atomic mass is 79.9. The Hall–Kier alpha value is -0.320. The molecule has 1 aliphatic heterocycles. The summed E-state index contributed by atoms with van der Waals surface area (Å²) in [5.74, 6) is 1.78. The minimum absolute atomic E-state index is 0.208. The summed E-state index contributed by atoms with van der Waals surface area (Å²) in [6.07, 6.45) is 3.82. The van der Waals surface area contributed by atoms with Gasteiger partial charge in [0, 0.05) is 6.54 Å². The predicted octanol–water partition coefficient (Wildman–Crippen LogP) is 4.19. The molecule has 1 aromatic rings. The van der Waals surface area contributed by atoms with Crippen molar-refractivity contribution in [2.45, 2.75) is 46.1 Å². The van der Waals surface area contributed by atoms with Crippen LogP contribution in [0.25, 0.3) is 0 Å². The molecular weight excluding hydrogens is 316 g/mol. The molecule has 1 saturated heterocycles. The first-order valence-electron chi connectivity index (χ1n) is 7.61. The molecule has 0 aromatic carbocycles. The normalized spacial score (nSPS) is 23.6. The maximum Gasteiger partial charge on any atom is 0.169 e. The van der Waals surface area contributed by atoms with Crippen molar-refractivity contribution in [2.75, 3.05) is 19.6 Å². The molecule has 2 N–H and O–H groups in total. The van der Waals surface area contributed by atoms with E-state index in [9.17, 15) is 0 Å². The van der Waals surface area contributed by atoms with Crippen LogP contribution in [0.15, 0.2) is 21.2 Å². The molecule has 2 rings (SSSR count). The Morgan fingerprint density at radius 2 is 2.10 bits per heavy atom. The van der Waals surface area contributed by atoms with Crippen LogP contribution in [0, 0.1) is 11.3 Å². The van der Waals surface area contributed by atoms with Gasteiger partial charge < -0.3 is 10.2 Å². The zero-order valence-corrected chi connectivity index (χ0v) is 14.4. The van der Waals surface area contributed by atoms with Crippen LogP contribution in [-0.4, -0.2) is 24.5 Å². The van der Waals surface area contributed by atoms with Crippen molar-refractivity contribution in [3.05, 3.63) is 22.6 Å². The number of furan rings is 1. The van der Waals surface area contributed by atoms with Gasteiger partial charge in [-0.25, -0.2) is 0 Å². The van der Waals surface area contributed by atoms with E-state index in [1.54, 1.807) is 0 Å². The van der Waals surface area contributed by atoms with E-state index in [4.69, 9.17) is 10.2 Å². The van der Waals surface area contributed by atoms with Gasteiger partial charge in [0.2, 0.25) is 0 Å². The average molecular weight is 343 g/mol. The van der Waals surface area contributed by atoms with E-state index in [2.05, 4.69) is 41.6 Å². The molecule has 114 valence electrons. The van der Waals surface area contributed by atoms with Gasteiger partial charge in [-0.3, -0.25) is 4.90 Å². The van der Waals surface area contributed by atoms with Crippen LogP contribution in [-0.2, 0) is 0 Å². The fourth-order valence-electron chi connectivity index (χ4n) is 3.25. The van der Waals surface area contributed by atoms with E-state index in [-0.39, 0.29) is 6.04 Å². The molecule has 0 bridgehead atoms. The molecule has 4 heteroatoms. The number of halogens is 1. The monoisotopic (exact) mass is 342 g/mol. The van der Waals surface area contributed by atoms with Crippen LogP contribution in [0.1, 0.15) is 51.8 Å². The molecule has 2 heterocycles. The Morgan fingerprint density at radius 1 is 1.35 bits per heavy atom. The van der Waals surface area contributed by atoms with E-state index in [1.807, 2.05) is 12.1 Å². The van der Waals surface area contributed by atoms with Crippen LogP contribution in [0.2, 0.25) is 0 Å². The molecule has 0 radical (unpaired) electrons. The predicted molar refractivity (Wildman–Crippen MR) is 86.6 cm³/mol. The highest BCUT2D eigenvalue weighted by Crippen LogP contribution is 2.36. The highest BCUT2D eigenvalue weighted by Gasteiger charge is 2.30. The van der Waals surface area contributed by atoms with Crippen molar-refractivity contribution in [1.29, 1.82) is 0 Å². The molecule has 0 saturated carbocycles. The van der Waals surface area contributed by atoms with Crippen LogP contribution in [0.4, 0.5) is 0 Å². The summed E-state index contributed by atoms with van der Waals surface area (Å²) in [5, 5.41) is 0. The van der Waals surface area contributed by atoms with Crippen molar-refractivity contribution in [3.63, 3.8) is 0 Å². The van der Waals surface area contributed by atoms with Gasteiger partial charge in [0.05, 0.1) is 6.04 Å². The largest absolute Gasteiger partial charge is 0.453 e. The SMILES string of the molecule is CC(C)(C)C1CCCN(C(CN)c2ccc(Br)o2)CC1. The van der Waals surface area contributed by atoms with Gasteiger partial charge in [-0.05, 0) is 71.7 Å². The third-order valence-electron chi connectivity index (χ3n) is 4.57. The van der Waals surface area contributed by atoms with Crippen LogP contribution in [0.5, 0.6) is 0 Å². The first-order valence-corrected chi connectivity index (χ1v) is 8.40. The van der Waals surface area contributed by atoms with E-state index in [1.165, 1.54) is 19.3 Å². The van der Waals surface area contributed by atoms with Crippen LogP contribution in [0.3, 0.4) is 0 Å². The van der Waals surface area contributed by atoms with Crippen molar-refractivity contribution >= 4 is 15.9 Å². The zero-order valence-electron chi connectivity index (χ0n) is 12.9. The number of likely N-dealkylation sites (tertiary alicyclic amines) is 1. The lowest BCUT2D eigenvalue weighted by atomic mass is 9.77. The number of hydrogen-bond donors (Lipinski definition) is 1. The van der Waals surface area contributed by atoms with Crippen molar-refractivity contribution in [3.8, 4) is 0 Å². The Kier molecular flexibility index (Phi) is 5.32. The van der Waals surface area contributed by atoms with Gasteiger partial charge in [0.15, 0.2) is 4.67 Å². The van der Waals surface area contributed by atoms with Gasteiger partial charge >= 0.3 is 0 Å². The third kappa shape index (κ3) is 3.86. The summed E-state index contributed by atoms with van der Waals surface area (Å²) in [4.78, 5) is 2.50. The first kappa shape index (κ1) is 16.1. The summed E-state index contributed by atoms with van der Waals surface area (Å²) in [7, 11) is 0. The quantitative estimate of drug-likeness (QED) is 0.895. The maximum absolute atomic E-state index is 6.00. The maximum atomic E-state index is 6.00. The van der Waals surface area contributed by atoms with Gasteiger partial charge in [-0.1, -0.05) is 20.8 Å². The summed E-state index contributed by atoms with van der Waals surface area (Å²) in [6, 6.07) is 4.20. The Labute approximate surface area is 131 Å². The molecule has 20 heavy (non-hydrogen) atoms. The molecule has 0 spiro atoms. The van der Waals surface area contributed by atoms with Crippen LogP contribution < -0.4 is 5.73 Å². The molecule has 1 aliphatic rings. The lowest BCUT2D eigenvalue weighted by Crippen LogP contribution is -2.34. The standard InChI is InChI=1S/C16H27BrN2O/c1-16(2,3)12-5-4-9-19(10-8-12)13(11-18)14-6-7-15(17)20-14/h6-7,12-13H,4-5,8-11,18H2,1-3H3. The molecule has 1 aromatic heterocycles. The summed E-state index contributed by atoms with van der Waals surface area (Å²) < 4.78 is 6.51. The number of nitrogens with zero attached hydrogens (tertiary/aromatic N) is 1. The average Bonchev–Trinajstić information content (AvgIpc) is 2.64. The van der Waals surface area contributed by atoms with E-state index in [0.29, 0.717) is 12.0 Å². The van der Waals surface area contributed by atoms with E-state index < -0.39 is 0 Å². The summed E-state index contributed by atoms with van der Waals surface area (Å²) >= 11 is 3.38. The summed E-state index contributed by atoms with van der Waals surface area (Å²) in [5.41, 5.74) is 6.40. The fraction of sp³-hybridized carbons (Fsp3) is 0.750. The molecular formula is C16H27BrN2O. The Bertz CT molecular complexity index is 424. The highest BCUT2D eigenvalue weighted by molar-refractivity contribution is 9.10. The van der Waals surface area contributed by atoms with Gasteiger partial charge in [-0.2, -0.15) is 0 Å². The smallest absolute Gasteiger partial charge is 0.169 e. The molecule has 1 fully saturated rings. The Balaban J connectivity index is 2.05. The molecule has 3 nitrogen and oxygen atoms in total. The van der Waals surface area contributed by atoms with Crippen molar-refractivity contribution in [2.24, 2.45) is 17.1 Å². The third-order valence-corrected chi connectivity index (χ3v) is 5.00. The second-order valence-corrected chi connectivity index (χ2v) is 7.70. The van der Waals surface area contributed by atoms with Gasteiger partial charge in [0.1, 0.15) is 5.76 Å². The second kappa shape index (κ2) is 6.63. The molecule has 2 atom stereocenters. The van der Waals surface area contributed by atoms with Gasteiger partial charge in [0.25, 0.3) is 0 Å². The molecule has 0 aliphatic carbocycles. The molecule has 0 amide bonds. The topological polar surface area (TPSA) is 42.4 Å². The van der Waals surface area contributed by atoms with E-state index in [0.717, 1.165) is 29.4 Å². The molecule has 2 unspecified atom stereocenters. The fourth-order valence-corrected chi connectivity index (χ4v) is 3.57. The Morgan fingerprint density at radius 3 is 2.65 bits per heavy atom. The van der Waals surface area contributed by atoms with Crippen molar-refractivity contribution in [1.82, 2.24) is 4.90 Å². The minimum atomic E-state index is 0.208. The number of nitrogens with two attached hydrogens (primary N) is 1. The zero-order chi connectivity index (χ0) is 14.8. The summed E-state index contributed by atoms with van der Waals surface area (Å²) in [6.45, 7) is 9.92. The lowest BCUT2D eigenvalue weighted by molar-refractivity contribution is 0.169. The minimum Gasteiger partial charge on any atom is -0.453 e. The van der Waals surface area contributed by atoms with E-state index >= 15 is 0 Å². The number of hydrogen-bond acceptors (Lipinski definition) is 3. The second-order valence-electron chi connectivity index (χ2n) is 6.92. The first-order chi connectivity index (χ1) is 9.41. The van der Waals surface area contributed by atoms with Crippen molar-refractivity contribution < 1.29 is 4.42 Å².